The van der Waals surface area contributed by atoms with Crippen LogP contribution < -0.4 is 10.2 Å². The molecule has 1 saturated heterocycles. The molecule has 9 heteroatoms. The SMILES string of the molecule is CCOc1c(I)cc(I)cc1/C=C1\SC(=S)N(NC(=O)c2ccccc2)C1=O. The maximum absolute atomic E-state index is 12.8. The van der Waals surface area contributed by atoms with Gasteiger partial charge in [-0.15, -0.1) is 0 Å². The summed E-state index contributed by atoms with van der Waals surface area (Å²) in [4.78, 5) is 25.6. The molecule has 0 aliphatic carbocycles. The molecular formula is C19H14I2N2O3S2. The largest absolute Gasteiger partial charge is 0.492 e. The summed E-state index contributed by atoms with van der Waals surface area (Å²) in [6, 6.07) is 12.6. The Hall–Kier alpha value is -1.18. The smallest absolute Gasteiger partial charge is 0.285 e. The van der Waals surface area contributed by atoms with Crippen LogP contribution in [0.3, 0.4) is 0 Å². The lowest BCUT2D eigenvalue weighted by Gasteiger charge is -2.15. The Morgan fingerprint density at radius 3 is 2.68 bits per heavy atom. The highest BCUT2D eigenvalue weighted by atomic mass is 127. The van der Waals surface area contributed by atoms with Crippen molar-refractivity contribution in [2.75, 3.05) is 6.61 Å². The van der Waals surface area contributed by atoms with E-state index >= 15 is 0 Å². The van der Waals surface area contributed by atoms with Crippen molar-refractivity contribution in [1.29, 1.82) is 0 Å². The molecule has 3 rings (SSSR count). The second-order valence-corrected chi connectivity index (χ2v) is 9.65. The highest BCUT2D eigenvalue weighted by Crippen LogP contribution is 2.36. The number of thiocarbonyl (C=S) groups is 1. The molecule has 0 spiro atoms. The van der Waals surface area contributed by atoms with Gasteiger partial charge in [-0.1, -0.05) is 30.0 Å². The Morgan fingerprint density at radius 1 is 1.29 bits per heavy atom. The molecule has 2 amide bonds. The molecule has 0 radical (unpaired) electrons. The number of rotatable bonds is 5. The number of carbonyl (C=O) groups excluding carboxylic acids is 2. The maximum atomic E-state index is 12.8. The summed E-state index contributed by atoms with van der Waals surface area (Å²) in [5.74, 6) is -0.0327. The molecule has 1 heterocycles. The lowest BCUT2D eigenvalue weighted by molar-refractivity contribution is -0.123. The number of carbonyl (C=O) groups is 2. The van der Waals surface area contributed by atoms with Gasteiger partial charge in [-0.05, 0) is 94.7 Å². The molecule has 0 unspecified atom stereocenters. The monoisotopic (exact) mass is 636 g/mol. The fourth-order valence-corrected chi connectivity index (χ4v) is 5.66. The quantitative estimate of drug-likeness (QED) is 0.290. The Kier molecular flexibility index (Phi) is 7.34. The molecule has 0 atom stereocenters. The lowest BCUT2D eigenvalue weighted by atomic mass is 10.2. The molecule has 1 N–H and O–H groups in total. The number of halogens is 2. The summed E-state index contributed by atoms with van der Waals surface area (Å²) in [6.07, 6.45) is 1.75. The second kappa shape index (κ2) is 9.55. The number of nitrogens with zero attached hydrogens (tertiary/aromatic N) is 1. The van der Waals surface area contributed by atoms with E-state index in [4.69, 9.17) is 17.0 Å². The van der Waals surface area contributed by atoms with Crippen molar-refractivity contribution in [3.63, 3.8) is 0 Å². The number of thioether (sulfide) groups is 1. The van der Waals surface area contributed by atoms with Crippen LogP contribution in [0.5, 0.6) is 5.75 Å². The minimum Gasteiger partial charge on any atom is -0.492 e. The van der Waals surface area contributed by atoms with Crippen LogP contribution >= 0.6 is 69.2 Å². The summed E-state index contributed by atoms with van der Waals surface area (Å²) in [6.45, 7) is 2.43. The van der Waals surface area contributed by atoms with Crippen LogP contribution in [-0.2, 0) is 4.79 Å². The zero-order chi connectivity index (χ0) is 20.3. The molecule has 0 aromatic heterocycles. The van der Waals surface area contributed by atoms with Crippen LogP contribution in [0.2, 0.25) is 0 Å². The molecule has 1 aliphatic rings. The fourth-order valence-electron chi connectivity index (χ4n) is 2.45. The first-order chi connectivity index (χ1) is 13.4. The third kappa shape index (κ3) is 4.86. The summed E-state index contributed by atoms with van der Waals surface area (Å²) < 4.78 is 8.02. The van der Waals surface area contributed by atoms with E-state index in [0.29, 0.717) is 17.1 Å². The van der Waals surface area contributed by atoms with E-state index in [-0.39, 0.29) is 10.2 Å². The van der Waals surface area contributed by atoms with Crippen molar-refractivity contribution in [2.45, 2.75) is 6.92 Å². The highest BCUT2D eigenvalue weighted by Gasteiger charge is 2.34. The van der Waals surface area contributed by atoms with Crippen LogP contribution in [0.1, 0.15) is 22.8 Å². The average Bonchev–Trinajstić information content (AvgIpc) is 2.92. The van der Waals surface area contributed by atoms with Gasteiger partial charge >= 0.3 is 0 Å². The first-order valence-electron chi connectivity index (χ1n) is 8.16. The molecule has 28 heavy (non-hydrogen) atoms. The Morgan fingerprint density at radius 2 is 2.00 bits per heavy atom. The van der Waals surface area contributed by atoms with Gasteiger partial charge in [0, 0.05) is 14.7 Å². The standard InChI is InChI=1S/C19H14I2N2O3S2/c1-2-26-16-12(8-13(20)10-14(16)21)9-15-18(25)23(19(27)28-15)22-17(24)11-6-4-3-5-7-11/h3-10H,2H2,1H3,(H,22,24)/b15-9-. The molecule has 144 valence electrons. The van der Waals surface area contributed by atoms with Crippen molar-refractivity contribution in [1.82, 2.24) is 10.4 Å². The summed E-state index contributed by atoms with van der Waals surface area (Å²) in [7, 11) is 0. The van der Waals surface area contributed by atoms with Gasteiger partial charge in [0.05, 0.1) is 15.1 Å². The predicted molar refractivity (Wildman–Crippen MR) is 132 cm³/mol. The minimum absolute atomic E-state index is 0.277. The predicted octanol–water partition coefficient (Wildman–Crippen LogP) is 4.84. The first kappa shape index (κ1) is 21.5. The summed E-state index contributed by atoms with van der Waals surface area (Å²) in [5, 5.41) is 1.11. The molecule has 2 aromatic rings. The van der Waals surface area contributed by atoms with Crippen LogP contribution in [0.25, 0.3) is 6.08 Å². The van der Waals surface area contributed by atoms with Gasteiger partial charge in [-0.25, -0.2) is 0 Å². The maximum Gasteiger partial charge on any atom is 0.285 e. The van der Waals surface area contributed by atoms with Crippen LogP contribution in [0.15, 0.2) is 47.4 Å². The highest BCUT2D eigenvalue weighted by molar-refractivity contribution is 14.1. The summed E-state index contributed by atoms with van der Waals surface area (Å²) >= 11 is 10.9. The lowest BCUT2D eigenvalue weighted by Crippen LogP contribution is -2.44. The topological polar surface area (TPSA) is 58.6 Å². The number of nitrogens with one attached hydrogen (secondary N) is 1. The number of benzene rings is 2. The van der Waals surface area contributed by atoms with Crippen molar-refractivity contribution in [2.24, 2.45) is 0 Å². The molecule has 0 saturated carbocycles. The Balaban J connectivity index is 1.87. The number of hydrogen-bond donors (Lipinski definition) is 1. The van der Waals surface area contributed by atoms with Gasteiger partial charge in [0.2, 0.25) is 0 Å². The third-order valence-electron chi connectivity index (χ3n) is 3.66. The van der Waals surface area contributed by atoms with E-state index in [1.54, 1.807) is 30.3 Å². The van der Waals surface area contributed by atoms with Gasteiger partial charge < -0.3 is 4.74 Å². The van der Waals surface area contributed by atoms with E-state index < -0.39 is 5.91 Å². The van der Waals surface area contributed by atoms with Gasteiger partial charge in [0.15, 0.2) is 4.32 Å². The van der Waals surface area contributed by atoms with E-state index in [9.17, 15) is 9.59 Å². The van der Waals surface area contributed by atoms with Gasteiger partial charge in [0.1, 0.15) is 5.75 Å². The van der Waals surface area contributed by atoms with Crippen molar-refractivity contribution < 1.29 is 14.3 Å². The van der Waals surface area contributed by atoms with E-state index in [1.165, 1.54) is 0 Å². The Bertz CT molecular complexity index is 981. The van der Waals surface area contributed by atoms with Crippen molar-refractivity contribution in [3.8, 4) is 5.75 Å². The van der Waals surface area contributed by atoms with Crippen LogP contribution in [-0.4, -0.2) is 27.8 Å². The second-order valence-electron chi connectivity index (χ2n) is 5.56. The normalized spacial score (nSPS) is 15.2. The zero-order valence-electron chi connectivity index (χ0n) is 14.6. The van der Waals surface area contributed by atoms with Gasteiger partial charge in [0.25, 0.3) is 11.8 Å². The first-order valence-corrected chi connectivity index (χ1v) is 11.5. The molecule has 1 aliphatic heterocycles. The van der Waals surface area contributed by atoms with Crippen molar-refractivity contribution in [3.05, 3.63) is 65.6 Å². The minimum atomic E-state index is -0.392. The average molecular weight is 636 g/mol. The van der Waals surface area contributed by atoms with Crippen LogP contribution in [0.4, 0.5) is 0 Å². The van der Waals surface area contributed by atoms with Gasteiger partial charge in [-0.2, -0.15) is 5.01 Å². The number of amides is 2. The summed E-state index contributed by atoms with van der Waals surface area (Å²) in [5.41, 5.74) is 3.83. The molecule has 2 aromatic carbocycles. The third-order valence-corrected chi connectivity index (χ3v) is 6.38. The number of hydrogen-bond acceptors (Lipinski definition) is 5. The number of hydrazine groups is 1. The van der Waals surface area contributed by atoms with Crippen molar-refractivity contribution >= 4 is 91.4 Å². The van der Waals surface area contributed by atoms with Crippen LogP contribution in [0, 0.1) is 7.14 Å². The van der Waals surface area contributed by atoms with E-state index in [1.807, 2.05) is 25.1 Å². The van der Waals surface area contributed by atoms with E-state index in [0.717, 1.165) is 35.2 Å². The molecule has 1 fully saturated rings. The number of ether oxygens (including phenoxy) is 1. The molecule has 0 bridgehead atoms. The zero-order valence-corrected chi connectivity index (χ0v) is 20.5. The fraction of sp³-hybridized carbons (Fsp3) is 0.105. The Labute approximate surface area is 199 Å². The van der Waals surface area contributed by atoms with E-state index in [2.05, 4.69) is 50.6 Å². The molecule has 5 nitrogen and oxygen atoms in total. The van der Waals surface area contributed by atoms with Gasteiger partial charge in [-0.3, -0.25) is 15.0 Å². The molecular weight excluding hydrogens is 622 g/mol.